The summed E-state index contributed by atoms with van der Waals surface area (Å²) in [5, 5.41) is 2.93. The molecule has 3 aromatic rings. The Bertz CT molecular complexity index is 1080. The van der Waals surface area contributed by atoms with Crippen LogP contribution >= 0.6 is 0 Å². The van der Waals surface area contributed by atoms with Gasteiger partial charge in [-0.25, -0.2) is 4.79 Å². The quantitative estimate of drug-likeness (QED) is 0.338. The van der Waals surface area contributed by atoms with Crippen LogP contribution in [0, 0.1) is 0 Å². The summed E-state index contributed by atoms with van der Waals surface area (Å²) in [6.07, 6.45) is 0.827. The lowest BCUT2D eigenvalue weighted by molar-refractivity contribution is -0.158. The van der Waals surface area contributed by atoms with Crippen LogP contribution in [-0.4, -0.2) is 35.3 Å². The zero-order valence-corrected chi connectivity index (χ0v) is 20.9. The van der Waals surface area contributed by atoms with Crippen LogP contribution < -0.4 is 5.32 Å². The van der Waals surface area contributed by atoms with Gasteiger partial charge in [-0.1, -0.05) is 97.9 Å². The first-order chi connectivity index (χ1) is 16.8. The Kier molecular flexibility index (Phi) is 8.96. The number of ether oxygens (including phenoxy) is 1. The van der Waals surface area contributed by atoms with E-state index in [-0.39, 0.29) is 5.91 Å². The number of aliphatic imine (C=N–C) groups is 1. The molecular weight excluding hydrogens is 436 g/mol. The lowest BCUT2D eigenvalue weighted by Crippen LogP contribution is -2.48. The van der Waals surface area contributed by atoms with Crippen LogP contribution in [-0.2, 0) is 20.7 Å². The molecule has 0 fully saturated rings. The highest BCUT2D eigenvalue weighted by Gasteiger charge is 2.29. The van der Waals surface area contributed by atoms with E-state index in [1.165, 1.54) is 0 Å². The van der Waals surface area contributed by atoms with Crippen LogP contribution in [0.1, 0.15) is 50.8 Å². The molecule has 0 saturated heterocycles. The summed E-state index contributed by atoms with van der Waals surface area (Å²) in [6.45, 7) is 7.37. The normalized spacial score (nSPS) is 12.8. The van der Waals surface area contributed by atoms with Crippen LogP contribution in [0.2, 0.25) is 0 Å². The molecule has 35 heavy (non-hydrogen) atoms. The Balaban J connectivity index is 1.90. The second-order valence-corrected chi connectivity index (χ2v) is 9.42. The third kappa shape index (κ3) is 7.92. The average molecular weight is 471 g/mol. The van der Waals surface area contributed by atoms with Crippen LogP contribution in [0.25, 0.3) is 0 Å². The van der Waals surface area contributed by atoms with E-state index in [1.54, 1.807) is 0 Å². The van der Waals surface area contributed by atoms with Crippen molar-refractivity contribution in [1.82, 2.24) is 5.32 Å². The second kappa shape index (κ2) is 12.1. The third-order valence-electron chi connectivity index (χ3n) is 5.36. The van der Waals surface area contributed by atoms with Crippen LogP contribution in [0.3, 0.4) is 0 Å². The van der Waals surface area contributed by atoms with E-state index in [1.807, 2.05) is 119 Å². The van der Waals surface area contributed by atoms with Crippen LogP contribution in [0.4, 0.5) is 0 Å². The molecule has 3 aromatic carbocycles. The van der Waals surface area contributed by atoms with Gasteiger partial charge in [-0.05, 0) is 32.8 Å². The zero-order valence-electron chi connectivity index (χ0n) is 20.9. The average Bonchev–Trinajstić information content (AvgIpc) is 2.85. The van der Waals surface area contributed by atoms with E-state index in [2.05, 4.69) is 5.32 Å². The van der Waals surface area contributed by atoms with E-state index in [0.29, 0.717) is 12.8 Å². The van der Waals surface area contributed by atoms with Crippen molar-refractivity contribution in [2.45, 2.75) is 58.2 Å². The Morgan fingerprint density at radius 1 is 0.829 bits per heavy atom. The summed E-state index contributed by atoms with van der Waals surface area (Å²) < 4.78 is 5.62. The second-order valence-electron chi connectivity index (χ2n) is 9.42. The van der Waals surface area contributed by atoms with Gasteiger partial charge in [0.1, 0.15) is 17.7 Å². The lowest BCUT2D eigenvalue weighted by atomic mass is 10.0. The Morgan fingerprint density at radius 2 is 1.31 bits per heavy atom. The highest BCUT2D eigenvalue weighted by atomic mass is 16.6. The summed E-state index contributed by atoms with van der Waals surface area (Å²) >= 11 is 0. The predicted molar refractivity (Wildman–Crippen MR) is 141 cm³/mol. The molecule has 1 N–H and O–H groups in total. The number of carbonyl (C=O) groups excluding carboxylic acids is 2. The maximum absolute atomic E-state index is 13.4. The van der Waals surface area contributed by atoms with E-state index in [4.69, 9.17) is 9.73 Å². The summed E-state index contributed by atoms with van der Waals surface area (Å²) in [7, 11) is 0. The largest absolute Gasteiger partial charge is 0.458 e. The number of rotatable bonds is 9. The van der Waals surface area contributed by atoms with Gasteiger partial charge in [-0.15, -0.1) is 0 Å². The van der Waals surface area contributed by atoms with Crippen molar-refractivity contribution in [3.05, 3.63) is 108 Å². The molecule has 0 aliphatic rings. The number of nitrogens with zero attached hydrogens (tertiary/aromatic N) is 1. The monoisotopic (exact) mass is 470 g/mol. The minimum atomic E-state index is -0.815. The predicted octanol–water partition coefficient (Wildman–Crippen LogP) is 5.37. The highest BCUT2D eigenvalue weighted by molar-refractivity contribution is 6.13. The van der Waals surface area contributed by atoms with Gasteiger partial charge in [-0.2, -0.15) is 0 Å². The summed E-state index contributed by atoms with van der Waals surface area (Å²) in [5.41, 5.74) is 2.88. The van der Waals surface area contributed by atoms with E-state index >= 15 is 0 Å². The third-order valence-corrected chi connectivity index (χ3v) is 5.36. The molecule has 0 saturated carbocycles. The number of amides is 1. The van der Waals surface area contributed by atoms with E-state index < -0.39 is 23.7 Å². The lowest BCUT2D eigenvalue weighted by Gasteiger charge is -2.25. The first kappa shape index (κ1) is 25.9. The molecule has 0 bridgehead atoms. The molecule has 5 heteroatoms. The molecule has 0 aliphatic carbocycles. The molecule has 1 amide bonds. The zero-order chi connectivity index (χ0) is 25.3. The van der Waals surface area contributed by atoms with Crippen molar-refractivity contribution in [1.29, 1.82) is 0 Å². The molecular formula is C30H34N2O3. The van der Waals surface area contributed by atoms with Crippen LogP contribution in [0.5, 0.6) is 0 Å². The number of carbonyl (C=O) groups is 2. The number of hydrogen-bond acceptors (Lipinski definition) is 4. The number of hydrogen-bond donors (Lipinski definition) is 1. The van der Waals surface area contributed by atoms with E-state index in [9.17, 15) is 9.59 Å². The molecule has 3 rings (SSSR count). The van der Waals surface area contributed by atoms with Crippen LogP contribution in [0.15, 0.2) is 96.0 Å². The van der Waals surface area contributed by atoms with Gasteiger partial charge in [0.25, 0.3) is 0 Å². The smallest absolute Gasteiger partial charge is 0.329 e. The standard InChI is InChI=1S/C30H34N2O3/c1-5-25(31-27(23-17-11-7-12-18-23)24-19-13-8-14-20-24)28(33)32-26(29(34)35-30(2,3)4)21-22-15-9-6-10-16-22/h6-20,25-26H,5,21H2,1-4H3,(H,32,33)/t25-,26+/m1/s1. The van der Waals surface area contributed by atoms with Gasteiger partial charge in [0, 0.05) is 17.5 Å². The molecule has 2 atom stereocenters. The van der Waals surface area contributed by atoms with Crippen molar-refractivity contribution in [3.8, 4) is 0 Å². The van der Waals surface area contributed by atoms with Gasteiger partial charge in [0.15, 0.2) is 0 Å². The van der Waals surface area contributed by atoms with Crippen molar-refractivity contribution >= 4 is 17.6 Å². The summed E-state index contributed by atoms with van der Waals surface area (Å²) in [4.78, 5) is 31.3. The maximum atomic E-state index is 13.4. The minimum absolute atomic E-state index is 0.302. The molecule has 0 radical (unpaired) electrons. The molecule has 5 nitrogen and oxygen atoms in total. The van der Waals surface area contributed by atoms with Gasteiger partial charge in [-0.3, -0.25) is 9.79 Å². The number of benzene rings is 3. The fourth-order valence-electron chi connectivity index (χ4n) is 3.68. The molecule has 0 spiro atoms. The number of nitrogens with one attached hydrogen (secondary N) is 1. The fraction of sp³-hybridized carbons (Fsp3) is 0.300. The van der Waals surface area contributed by atoms with Gasteiger partial charge in [0.2, 0.25) is 5.91 Å². The Hall–Kier alpha value is -3.73. The fourth-order valence-corrected chi connectivity index (χ4v) is 3.68. The van der Waals surface area contributed by atoms with Gasteiger partial charge >= 0.3 is 5.97 Å². The summed E-state index contributed by atoms with van der Waals surface area (Å²) in [6, 6.07) is 27.8. The first-order valence-electron chi connectivity index (χ1n) is 12.0. The molecule has 0 unspecified atom stereocenters. The molecule has 0 aromatic heterocycles. The van der Waals surface area contributed by atoms with Gasteiger partial charge < -0.3 is 10.1 Å². The van der Waals surface area contributed by atoms with Gasteiger partial charge in [0.05, 0.1) is 5.71 Å². The minimum Gasteiger partial charge on any atom is -0.458 e. The SMILES string of the molecule is CC[C@@H](N=C(c1ccccc1)c1ccccc1)C(=O)N[C@@H](Cc1ccccc1)C(=O)OC(C)(C)C. The van der Waals surface area contributed by atoms with Crippen molar-refractivity contribution < 1.29 is 14.3 Å². The molecule has 0 heterocycles. The van der Waals surface area contributed by atoms with Crippen molar-refractivity contribution in [2.75, 3.05) is 0 Å². The molecule has 0 aliphatic heterocycles. The highest BCUT2D eigenvalue weighted by Crippen LogP contribution is 2.15. The van der Waals surface area contributed by atoms with Crippen molar-refractivity contribution in [3.63, 3.8) is 0 Å². The van der Waals surface area contributed by atoms with E-state index in [0.717, 1.165) is 22.4 Å². The van der Waals surface area contributed by atoms with Crippen molar-refractivity contribution in [2.24, 2.45) is 4.99 Å². The number of esters is 1. The Labute approximate surface area is 208 Å². The maximum Gasteiger partial charge on any atom is 0.329 e. The topological polar surface area (TPSA) is 67.8 Å². The summed E-state index contributed by atoms with van der Waals surface area (Å²) in [5.74, 6) is -0.761. The Morgan fingerprint density at radius 3 is 1.77 bits per heavy atom. The molecule has 182 valence electrons. The first-order valence-corrected chi connectivity index (χ1v) is 12.0.